The van der Waals surface area contributed by atoms with Crippen LogP contribution < -0.4 is 4.90 Å². The number of carbonyl (C=O) groups is 3. The summed E-state index contributed by atoms with van der Waals surface area (Å²) in [6, 6.07) is 6.11. The Morgan fingerprint density at radius 2 is 1.70 bits per heavy atom. The normalized spacial score (nSPS) is 21.3. The van der Waals surface area contributed by atoms with E-state index in [0.29, 0.717) is 36.4 Å². The van der Waals surface area contributed by atoms with Gasteiger partial charge in [-0.3, -0.25) is 4.90 Å². The quantitative estimate of drug-likeness (QED) is 0.539. The van der Waals surface area contributed by atoms with Crippen molar-refractivity contribution in [1.29, 1.82) is 0 Å². The molecule has 3 fully saturated rings. The molecule has 5 rings (SSSR count). The molecule has 33 heavy (non-hydrogen) atoms. The van der Waals surface area contributed by atoms with Crippen LogP contribution in [0.4, 0.5) is 15.0 Å². The Morgan fingerprint density at radius 3 is 2.18 bits per heavy atom. The molecule has 1 atom stereocenters. The second-order valence-electron chi connectivity index (χ2n) is 7.81. The van der Waals surface area contributed by atoms with E-state index in [1.165, 1.54) is 28.4 Å². The molecule has 4 heterocycles. The van der Waals surface area contributed by atoms with Gasteiger partial charge in [0.2, 0.25) is 0 Å². The van der Waals surface area contributed by atoms with E-state index >= 15 is 0 Å². The number of carboxylic acid groups (broad SMARTS) is 3. The van der Waals surface area contributed by atoms with Crippen LogP contribution in [0.2, 0.25) is 0 Å². The van der Waals surface area contributed by atoms with Crippen LogP contribution in [0.5, 0.6) is 0 Å². The van der Waals surface area contributed by atoms with Crippen LogP contribution in [0.15, 0.2) is 41.9 Å². The Bertz CT molecular complexity index is 1000. The first kappa shape index (κ1) is 24.3. The summed E-state index contributed by atoms with van der Waals surface area (Å²) in [6.45, 7) is 3.69. The molecule has 3 aliphatic rings. The highest BCUT2D eigenvalue weighted by atomic mass is 32.1. The van der Waals surface area contributed by atoms with Gasteiger partial charge in [0.1, 0.15) is 5.82 Å². The molecule has 0 aliphatic carbocycles. The van der Waals surface area contributed by atoms with E-state index in [-0.39, 0.29) is 5.82 Å². The number of benzene rings is 1. The molecule has 0 saturated carbocycles. The Labute approximate surface area is 193 Å². The fourth-order valence-corrected chi connectivity index (χ4v) is 4.96. The summed E-state index contributed by atoms with van der Waals surface area (Å²) < 4.78 is 13.2. The van der Waals surface area contributed by atoms with Crippen molar-refractivity contribution in [2.45, 2.75) is 12.8 Å². The number of hydrogen-bond acceptors (Lipinski definition) is 6. The lowest BCUT2D eigenvalue weighted by atomic mass is 9.79. The largest absolute Gasteiger partial charge is 0.478 e. The van der Waals surface area contributed by atoms with Crippen LogP contribution in [0, 0.1) is 17.7 Å². The number of aromatic nitrogens is 1. The minimum Gasteiger partial charge on any atom is -0.478 e. The van der Waals surface area contributed by atoms with Gasteiger partial charge in [-0.1, -0.05) is 12.1 Å². The average Bonchev–Trinajstić information content (AvgIpc) is 3.27. The topological polar surface area (TPSA) is 131 Å². The second-order valence-corrected chi connectivity index (χ2v) is 8.67. The fraction of sp³-hybridized carbons (Fsp3) is 0.364. The molecule has 2 bridgehead atoms. The molecular formula is C22H24FN3O6S. The lowest BCUT2D eigenvalue weighted by Crippen LogP contribution is -2.51. The minimum absolute atomic E-state index is 0.308. The van der Waals surface area contributed by atoms with Crippen molar-refractivity contribution in [1.82, 2.24) is 9.88 Å². The van der Waals surface area contributed by atoms with Crippen molar-refractivity contribution >= 4 is 35.2 Å². The van der Waals surface area contributed by atoms with Gasteiger partial charge in [0.25, 0.3) is 0 Å². The lowest BCUT2D eigenvalue weighted by Gasteiger charge is -2.45. The monoisotopic (exact) mass is 477 g/mol. The van der Waals surface area contributed by atoms with E-state index in [2.05, 4.69) is 9.88 Å². The number of piperidine rings is 3. The van der Waals surface area contributed by atoms with E-state index in [1.807, 2.05) is 0 Å². The molecule has 3 aliphatic heterocycles. The van der Waals surface area contributed by atoms with Crippen molar-refractivity contribution in [2.24, 2.45) is 11.8 Å². The molecule has 11 heteroatoms. The zero-order chi connectivity index (χ0) is 24.0. The number of aliphatic carboxylic acids is 2. The van der Waals surface area contributed by atoms with Gasteiger partial charge in [-0.05, 0) is 55.5 Å². The number of thiazole rings is 1. The van der Waals surface area contributed by atoms with Gasteiger partial charge in [-0.2, -0.15) is 0 Å². The summed E-state index contributed by atoms with van der Waals surface area (Å²) in [7, 11) is 0. The fourth-order valence-electron chi connectivity index (χ4n) is 4.16. The van der Waals surface area contributed by atoms with E-state index in [0.717, 1.165) is 42.9 Å². The second kappa shape index (κ2) is 11.0. The summed E-state index contributed by atoms with van der Waals surface area (Å²) in [5.41, 5.74) is 2.44. The van der Waals surface area contributed by atoms with Crippen LogP contribution in [-0.4, -0.2) is 69.4 Å². The maximum absolute atomic E-state index is 13.2. The van der Waals surface area contributed by atoms with Crippen molar-refractivity contribution in [2.75, 3.05) is 31.1 Å². The molecule has 0 spiro atoms. The molecular weight excluding hydrogens is 453 g/mol. The smallest absolute Gasteiger partial charge is 0.413 e. The first-order chi connectivity index (χ1) is 15.7. The number of halogens is 1. The summed E-state index contributed by atoms with van der Waals surface area (Å²) in [5, 5.41) is 25.4. The number of amides is 1. The maximum atomic E-state index is 13.2. The third-order valence-corrected chi connectivity index (χ3v) is 6.58. The molecule has 1 unspecified atom stereocenters. The number of carboxylic acids is 2. The predicted molar refractivity (Wildman–Crippen MR) is 120 cm³/mol. The predicted octanol–water partition coefficient (Wildman–Crippen LogP) is 3.49. The summed E-state index contributed by atoms with van der Waals surface area (Å²) in [4.78, 5) is 39.9. The van der Waals surface area contributed by atoms with E-state index < -0.39 is 18.0 Å². The molecule has 1 amide bonds. The standard InChI is InChI=1S/C18H20FN3O2S.C4H4O4/c19-15-3-1-13(2-4-15)16-17(20-11-25-16)22(18(23)24)10-14-9-21-7-5-12(14)6-8-21;5-3(6)1-2-4(7)8/h1-4,11-12,14H,5-10H2,(H,23,24);1-2H,(H,5,6)(H,7,8). The number of hydrogen-bond donors (Lipinski definition) is 3. The van der Waals surface area contributed by atoms with Gasteiger partial charge in [0, 0.05) is 25.2 Å². The lowest BCUT2D eigenvalue weighted by molar-refractivity contribution is -0.134. The van der Waals surface area contributed by atoms with E-state index in [4.69, 9.17) is 10.2 Å². The third kappa shape index (κ3) is 6.59. The highest BCUT2D eigenvalue weighted by Gasteiger charge is 2.37. The van der Waals surface area contributed by atoms with Gasteiger partial charge in [0.05, 0.1) is 10.4 Å². The van der Waals surface area contributed by atoms with Crippen LogP contribution in [-0.2, 0) is 9.59 Å². The van der Waals surface area contributed by atoms with Crippen LogP contribution in [0.25, 0.3) is 10.4 Å². The first-order valence-corrected chi connectivity index (χ1v) is 11.2. The number of anilines is 1. The van der Waals surface area contributed by atoms with Gasteiger partial charge in [-0.25, -0.2) is 23.8 Å². The van der Waals surface area contributed by atoms with E-state index in [1.54, 1.807) is 17.6 Å². The van der Waals surface area contributed by atoms with Gasteiger partial charge in [0.15, 0.2) is 5.82 Å². The maximum Gasteiger partial charge on any atom is 0.413 e. The molecule has 176 valence electrons. The van der Waals surface area contributed by atoms with Crippen molar-refractivity contribution in [3.63, 3.8) is 0 Å². The molecule has 3 saturated heterocycles. The first-order valence-electron chi connectivity index (χ1n) is 10.3. The van der Waals surface area contributed by atoms with Gasteiger partial charge in [-0.15, -0.1) is 11.3 Å². The van der Waals surface area contributed by atoms with Crippen molar-refractivity contribution < 1.29 is 34.1 Å². The zero-order valence-electron chi connectivity index (χ0n) is 17.6. The van der Waals surface area contributed by atoms with Crippen molar-refractivity contribution in [3.05, 3.63) is 47.7 Å². The van der Waals surface area contributed by atoms with Gasteiger partial charge < -0.3 is 20.2 Å². The number of fused-ring (bicyclic) bond motifs is 3. The summed E-state index contributed by atoms with van der Waals surface area (Å²) in [6.07, 6.45) is 2.44. The van der Waals surface area contributed by atoms with Crippen molar-refractivity contribution in [3.8, 4) is 10.4 Å². The van der Waals surface area contributed by atoms with Crippen LogP contribution in [0.1, 0.15) is 12.8 Å². The molecule has 3 N–H and O–H groups in total. The SMILES string of the molecule is O=C(O)C=CC(=O)O.O=C(O)N(CC1CN2CCC1CC2)c1ncsc1-c1ccc(F)cc1. The third-order valence-electron chi connectivity index (χ3n) is 5.72. The average molecular weight is 478 g/mol. The Balaban J connectivity index is 0.000000331. The minimum atomic E-state index is -1.26. The molecule has 1 aromatic heterocycles. The highest BCUT2D eigenvalue weighted by molar-refractivity contribution is 7.13. The number of rotatable bonds is 6. The van der Waals surface area contributed by atoms with Crippen LogP contribution >= 0.6 is 11.3 Å². The molecule has 0 radical (unpaired) electrons. The summed E-state index contributed by atoms with van der Waals surface area (Å²) >= 11 is 1.38. The zero-order valence-corrected chi connectivity index (χ0v) is 18.4. The Hall–Kier alpha value is -3.31. The summed E-state index contributed by atoms with van der Waals surface area (Å²) in [5.74, 6) is -1.42. The number of nitrogens with zero attached hydrogens (tertiary/aromatic N) is 3. The van der Waals surface area contributed by atoms with E-state index in [9.17, 15) is 23.9 Å². The molecule has 9 nitrogen and oxygen atoms in total. The Morgan fingerprint density at radius 1 is 1.09 bits per heavy atom. The molecule has 2 aromatic rings. The Kier molecular flexibility index (Phi) is 8.12. The molecule has 1 aromatic carbocycles. The highest BCUT2D eigenvalue weighted by Crippen LogP contribution is 2.37. The van der Waals surface area contributed by atoms with Gasteiger partial charge >= 0.3 is 18.0 Å². The van der Waals surface area contributed by atoms with Crippen LogP contribution in [0.3, 0.4) is 0 Å².